The molecule has 0 aromatic heterocycles. The lowest BCUT2D eigenvalue weighted by molar-refractivity contribution is 0.0170. The van der Waals surface area contributed by atoms with Crippen LogP contribution in [-0.4, -0.2) is 17.6 Å². The summed E-state index contributed by atoms with van der Waals surface area (Å²) in [4.78, 5) is 11.2. The zero-order valence-corrected chi connectivity index (χ0v) is 6.46. The summed E-state index contributed by atoms with van der Waals surface area (Å²) in [7, 11) is 0. The van der Waals surface area contributed by atoms with Gasteiger partial charge < -0.3 is 0 Å². The summed E-state index contributed by atoms with van der Waals surface area (Å²) in [6.45, 7) is 0.176. The molecule has 1 aromatic carbocycles. The van der Waals surface area contributed by atoms with Gasteiger partial charge in [0.25, 0.3) is 5.91 Å². The monoisotopic (exact) mass is 165 g/mol. The fraction of sp³-hybridized carbons (Fsp3) is 0.222. The molecule has 0 radical (unpaired) electrons. The largest absolute Gasteiger partial charge is 0.281 e. The van der Waals surface area contributed by atoms with Crippen molar-refractivity contribution in [1.82, 2.24) is 5.12 Å². The predicted molar refractivity (Wildman–Crippen MR) is 42.3 cm³/mol. The molecule has 1 aliphatic heterocycles. The minimum Gasteiger partial charge on any atom is -0.266 e. The fourth-order valence-corrected chi connectivity index (χ4v) is 1.40. The van der Waals surface area contributed by atoms with Crippen molar-refractivity contribution in [3.63, 3.8) is 0 Å². The predicted octanol–water partition coefficient (Wildman–Crippen LogP) is 1.57. The first-order valence-corrected chi connectivity index (χ1v) is 3.84. The van der Waals surface area contributed by atoms with E-state index >= 15 is 0 Å². The molecule has 0 fully saturated rings. The molecule has 2 nitrogen and oxygen atoms in total. The summed E-state index contributed by atoms with van der Waals surface area (Å²) in [6.07, 6.45) is 0.610. The second-order valence-corrected chi connectivity index (χ2v) is 2.80. The Kier molecular flexibility index (Phi) is 1.57. The lowest BCUT2D eigenvalue weighted by Crippen LogP contribution is -2.30. The van der Waals surface area contributed by atoms with E-state index in [1.807, 2.05) is 12.1 Å². The van der Waals surface area contributed by atoms with E-state index in [9.17, 15) is 9.28 Å². The summed E-state index contributed by atoms with van der Waals surface area (Å²) in [6, 6.07) is 7.12. The number of amides is 1. The molecule has 0 saturated heterocycles. The van der Waals surface area contributed by atoms with Crippen molar-refractivity contribution in [2.45, 2.75) is 6.42 Å². The van der Waals surface area contributed by atoms with Gasteiger partial charge >= 0.3 is 0 Å². The molecule has 12 heavy (non-hydrogen) atoms. The molecule has 0 spiro atoms. The topological polar surface area (TPSA) is 20.3 Å². The summed E-state index contributed by atoms with van der Waals surface area (Å²) < 4.78 is 12.7. The average molecular weight is 165 g/mol. The molecule has 3 heteroatoms. The van der Waals surface area contributed by atoms with Crippen molar-refractivity contribution in [2.24, 2.45) is 0 Å². The first-order valence-electron chi connectivity index (χ1n) is 3.84. The third kappa shape index (κ3) is 0.978. The number of fused-ring (bicyclic) bond motifs is 1. The summed E-state index contributed by atoms with van der Waals surface area (Å²) >= 11 is 0. The van der Waals surface area contributed by atoms with Gasteiger partial charge in [-0.25, -0.2) is 0 Å². The van der Waals surface area contributed by atoms with Gasteiger partial charge in [0, 0.05) is 5.56 Å². The Balaban J connectivity index is 2.49. The number of carbonyl (C=O) groups excluding carboxylic acids is 1. The van der Waals surface area contributed by atoms with Gasteiger partial charge in [0.1, 0.15) is 0 Å². The van der Waals surface area contributed by atoms with E-state index in [2.05, 4.69) is 0 Å². The molecule has 1 amide bonds. The quantitative estimate of drug-likeness (QED) is 0.534. The maximum Gasteiger partial charge on any atom is 0.281 e. The SMILES string of the molecule is O=C1c2ccccc2CCN1F. The maximum absolute atomic E-state index is 12.7. The molecule has 62 valence electrons. The Morgan fingerprint density at radius 1 is 1.33 bits per heavy atom. The second-order valence-electron chi connectivity index (χ2n) is 2.80. The highest BCUT2D eigenvalue weighted by Gasteiger charge is 2.23. The number of halogens is 1. The third-order valence-corrected chi connectivity index (χ3v) is 2.05. The standard InChI is InChI=1S/C9H8FNO/c10-11-6-5-7-3-1-2-4-8(7)9(11)12/h1-4H,5-6H2. The highest BCUT2D eigenvalue weighted by atomic mass is 19.2. The van der Waals surface area contributed by atoms with Crippen LogP contribution in [0.25, 0.3) is 0 Å². The molecule has 1 aromatic rings. The summed E-state index contributed by atoms with van der Waals surface area (Å²) in [5.41, 5.74) is 1.43. The van der Waals surface area contributed by atoms with Gasteiger partial charge in [0.15, 0.2) is 0 Å². The van der Waals surface area contributed by atoms with Gasteiger partial charge in [-0.3, -0.25) is 4.79 Å². The van der Waals surface area contributed by atoms with E-state index < -0.39 is 5.91 Å². The molecule has 0 bridgehead atoms. The van der Waals surface area contributed by atoms with Gasteiger partial charge in [-0.05, 0) is 18.1 Å². The maximum atomic E-state index is 12.7. The van der Waals surface area contributed by atoms with Crippen LogP contribution in [-0.2, 0) is 6.42 Å². The van der Waals surface area contributed by atoms with E-state index in [0.717, 1.165) is 5.56 Å². The van der Waals surface area contributed by atoms with Gasteiger partial charge in [-0.1, -0.05) is 22.7 Å². The number of hydrogen-bond donors (Lipinski definition) is 0. The van der Waals surface area contributed by atoms with Gasteiger partial charge in [0.05, 0.1) is 6.54 Å². The number of rotatable bonds is 0. The van der Waals surface area contributed by atoms with Gasteiger partial charge in [0.2, 0.25) is 0 Å². The fourth-order valence-electron chi connectivity index (χ4n) is 1.40. The normalized spacial score (nSPS) is 16.1. The van der Waals surface area contributed by atoms with Crippen molar-refractivity contribution in [3.05, 3.63) is 35.4 Å². The first-order chi connectivity index (χ1) is 5.79. The Hall–Kier alpha value is -1.38. The lowest BCUT2D eigenvalue weighted by atomic mass is 10.0. The molecule has 2 rings (SSSR count). The van der Waals surface area contributed by atoms with Crippen LogP contribution < -0.4 is 0 Å². The zero-order valence-electron chi connectivity index (χ0n) is 6.46. The minimum absolute atomic E-state index is 0.176. The van der Waals surface area contributed by atoms with E-state index in [1.165, 1.54) is 0 Å². The van der Waals surface area contributed by atoms with E-state index in [-0.39, 0.29) is 11.7 Å². The molecule has 1 heterocycles. The van der Waals surface area contributed by atoms with Crippen molar-refractivity contribution in [2.75, 3.05) is 6.54 Å². The molecule has 0 saturated carbocycles. The molecule has 1 aliphatic rings. The van der Waals surface area contributed by atoms with E-state index in [1.54, 1.807) is 12.1 Å². The summed E-state index contributed by atoms with van der Waals surface area (Å²) in [5, 5.41) is 0.266. The molecule has 0 N–H and O–H groups in total. The Morgan fingerprint density at radius 3 is 2.92 bits per heavy atom. The van der Waals surface area contributed by atoms with Crippen LogP contribution in [0.3, 0.4) is 0 Å². The van der Waals surface area contributed by atoms with Gasteiger partial charge in [-0.15, -0.1) is 0 Å². The lowest BCUT2D eigenvalue weighted by Gasteiger charge is -2.19. The zero-order chi connectivity index (χ0) is 8.55. The molecule has 0 unspecified atom stereocenters. The number of hydrogen-bond acceptors (Lipinski definition) is 1. The number of nitrogens with zero attached hydrogens (tertiary/aromatic N) is 1. The van der Waals surface area contributed by atoms with E-state index in [4.69, 9.17) is 0 Å². The van der Waals surface area contributed by atoms with Crippen LogP contribution in [0.1, 0.15) is 15.9 Å². The van der Waals surface area contributed by atoms with Crippen LogP contribution >= 0.6 is 0 Å². The van der Waals surface area contributed by atoms with E-state index in [0.29, 0.717) is 12.0 Å². The third-order valence-electron chi connectivity index (χ3n) is 2.05. The van der Waals surface area contributed by atoms with Crippen LogP contribution in [0, 0.1) is 0 Å². The van der Waals surface area contributed by atoms with Crippen LogP contribution in [0.5, 0.6) is 0 Å². The molecule has 0 aliphatic carbocycles. The van der Waals surface area contributed by atoms with Crippen molar-refractivity contribution in [1.29, 1.82) is 0 Å². The first kappa shape index (κ1) is 7.28. The number of benzene rings is 1. The molecular formula is C9H8FNO. The van der Waals surface area contributed by atoms with Crippen LogP contribution in [0.2, 0.25) is 0 Å². The van der Waals surface area contributed by atoms with Crippen LogP contribution in [0.4, 0.5) is 4.48 Å². The molecule has 0 atom stereocenters. The smallest absolute Gasteiger partial charge is 0.266 e. The minimum atomic E-state index is -0.517. The van der Waals surface area contributed by atoms with Crippen molar-refractivity contribution < 1.29 is 9.28 Å². The highest BCUT2D eigenvalue weighted by Crippen LogP contribution is 2.18. The number of carbonyl (C=O) groups is 1. The van der Waals surface area contributed by atoms with Crippen molar-refractivity contribution >= 4 is 5.91 Å². The Bertz CT molecular complexity index is 324. The highest BCUT2D eigenvalue weighted by molar-refractivity contribution is 5.95. The second kappa shape index (κ2) is 2.59. The Labute approximate surface area is 69.5 Å². The molecular weight excluding hydrogens is 157 g/mol. The Morgan fingerprint density at radius 2 is 2.08 bits per heavy atom. The average Bonchev–Trinajstić information content (AvgIpc) is 2.12. The van der Waals surface area contributed by atoms with Crippen LogP contribution in [0.15, 0.2) is 24.3 Å². The van der Waals surface area contributed by atoms with Crippen molar-refractivity contribution in [3.8, 4) is 0 Å². The van der Waals surface area contributed by atoms with Gasteiger partial charge in [-0.2, -0.15) is 5.12 Å². The summed E-state index contributed by atoms with van der Waals surface area (Å²) in [5.74, 6) is -0.517.